The van der Waals surface area contributed by atoms with E-state index in [1.807, 2.05) is 30.3 Å². The van der Waals surface area contributed by atoms with Gasteiger partial charge in [-0.05, 0) is 36.4 Å². The molecular weight excluding hydrogens is 310 g/mol. The highest BCUT2D eigenvalue weighted by Gasteiger charge is 2.11. The van der Waals surface area contributed by atoms with Crippen molar-refractivity contribution in [1.82, 2.24) is 4.98 Å². The Bertz CT molecular complexity index is 933. The van der Waals surface area contributed by atoms with Crippen LogP contribution in [0.3, 0.4) is 0 Å². The lowest BCUT2D eigenvalue weighted by Crippen LogP contribution is -2.13. The fourth-order valence-corrected chi connectivity index (χ4v) is 2.38. The van der Waals surface area contributed by atoms with Gasteiger partial charge < -0.3 is 10.3 Å². The molecule has 3 rings (SSSR count). The van der Waals surface area contributed by atoms with E-state index < -0.39 is 5.91 Å². The largest absolute Gasteiger partial charge is 0.361 e. The quantitative estimate of drug-likeness (QED) is 0.555. The monoisotopic (exact) mass is 321 g/mol. The Labute approximate surface area is 138 Å². The highest BCUT2D eigenvalue weighted by atomic mass is 35.5. The minimum atomic E-state index is -0.458. The summed E-state index contributed by atoms with van der Waals surface area (Å²) in [6, 6.07) is 16.4. The standard InChI is InChI=1S/C18H12ClN3O/c19-14-5-7-15(8-6-14)22-18(23)12(10-20)9-13-11-21-17-4-2-1-3-16(13)17/h1-9,11,21H,(H,22,23)/b12-9+. The first-order valence-electron chi connectivity index (χ1n) is 6.92. The predicted octanol–water partition coefficient (Wildman–Crippen LogP) is 4.37. The molecule has 0 atom stereocenters. The van der Waals surface area contributed by atoms with Crippen LogP contribution in [0.4, 0.5) is 5.69 Å². The summed E-state index contributed by atoms with van der Waals surface area (Å²) in [7, 11) is 0. The van der Waals surface area contributed by atoms with Gasteiger partial charge in [-0.15, -0.1) is 0 Å². The molecule has 23 heavy (non-hydrogen) atoms. The van der Waals surface area contributed by atoms with Crippen molar-refractivity contribution >= 4 is 40.2 Å². The third kappa shape index (κ3) is 3.25. The lowest BCUT2D eigenvalue weighted by molar-refractivity contribution is -0.112. The minimum absolute atomic E-state index is 0.0321. The molecule has 0 aliphatic rings. The molecule has 0 aliphatic heterocycles. The summed E-state index contributed by atoms with van der Waals surface area (Å²) in [4.78, 5) is 15.4. The SMILES string of the molecule is N#C/C(=C\c1c[nH]c2ccccc12)C(=O)Nc1ccc(Cl)cc1. The predicted molar refractivity (Wildman–Crippen MR) is 92.0 cm³/mol. The van der Waals surface area contributed by atoms with Gasteiger partial charge in [0, 0.05) is 33.4 Å². The topological polar surface area (TPSA) is 68.7 Å². The summed E-state index contributed by atoms with van der Waals surface area (Å²) in [5, 5.41) is 13.5. The van der Waals surface area contributed by atoms with Gasteiger partial charge in [0.2, 0.25) is 0 Å². The number of aromatic amines is 1. The van der Waals surface area contributed by atoms with Crippen molar-refractivity contribution in [2.45, 2.75) is 0 Å². The fourth-order valence-electron chi connectivity index (χ4n) is 2.25. The minimum Gasteiger partial charge on any atom is -0.361 e. The van der Waals surface area contributed by atoms with E-state index in [9.17, 15) is 10.1 Å². The van der Waals surface area contributed by atoms with Gasteiger partial charge >= 0.3 is 0 Å². The Hall–Kier alpha value is -3.03. The molecule has 4 nitrogen and oxygen atoms in total. The molecule has 1 aromatic heterocycles. The van der Waals surface area contributed by atoms with Crippen LogP contribution in [-0.2, 0) is 4.79 Å². The Balaban J connectivity index is 1.88. The number of carbonyl (C=O) groups is 1. The lowest BCUT2D eigenvalue weighted by atomic mass is 10.1. The Morgan fingerprint density at radius 2 is 1.91 bits per heavy atom. The number of hydrogen-bond donors (Lipinski definition) is 2. The number of nitrogens with one attached hydrogen (secondary N) is 2. The number of nitriles is 1. The maximum Gasteiger partial charge on any atom is 0.266 e. The number of anilines is 1. The van der Waals surface area contributed by atoms with Gasteiger partial charge in [-0.25, -0.2) is 0 Å². The lowest BCUT2D eigenvalue weighted by Gasteiger charge is -2.04. The van der Waals surface area contributed by atoms with E-state index in [0.29, 0.717) is 10.7 Å². The molecule has 5 heteroatoms. The molecule has 0 aliphatic carbocycles. The molecule has 0 spiro atoms. The third-order valence-corrected chi connectivity index (χ3v) is 3.64. The van der Waals surface area contributed by atoms with Crippen LogP contribution in [-0.4, -0.2) is 10.9 Å². The maximum atomic E-state index is 12.2. The average molecular weight is 322 g/mol. The maximum absolute atomic E-state index is 12.2. The van der Waals surface area contributed by atoms with Gasteiger partial charge in [-0.3, -0.25) is 4.79 Å². The van der Waals surface area contributed by atoms with Crippen LogP contribution in [0.2, 0.25) is 5.02 Å². The first-order chi connectivity index (χ1) is 11.2. The van der Waals surface area contributed by atoms with E-state index in [4.69, 9.17) is 11.6 Å². The van der Waals surface area contributed by atoms with Crippen LogP contribution in [0.25, 0.3) is 17.0 Å². The van der Waals surface area contributed by atoms with Crippen LogP contribution in [0.1, 0.15) is 5.56 Å². The van der Waals surface area contributed by atoms with Crippen molar-refractivity contribution in [2.24, 2.45) is 0 Å². The van der Waals surface area contributed by atoms with E-state index in [0.717, 1.165) is 16.5 Å². The number of rotatable bonds is 3. The summed E-state index contributed by atoms with van der Waals surface area (Å²) < 4.78 is 0. The molecule has 0 unspecified atom stereocenters. The van der Waals surface area contributed by atoms with Crippen LogP contribution in [0, 0.1) is 11.3 Å². The van der Waals surface area contributed by atoms with Gasteiger partial charge in [0.05, 0.1) is 0 Å². The highest BCUT2D eigenvalue weighted by molar-refractivity contribution is 6.30. The smallest absolute Gasteiger partial charge is 0.266 e. The van der Waals surface area contributed by atoms with Crippen LogP contribution in [0.5, 0.6) is 0 Å². The first kappa shape index (κ1) is 14.9. The van der Waals surface area contributed by atoms with Gasteiger partial charge in [0.1, 0.15) is 11.6 Å². The van der Waals surface area contributed by atoms with E-state index in [2.05, 4.69) is 10.3 Å². The molecule has 0 bridgehead atoms. The normalized spacial score (nSPS) is 11.2. The zero-order valence-corrected chi connectivity index (χ0v) is 12.8. The average Bonchev–Trinajstić information content (AvgIpc) is 2.97. The van der Waals surface area contributed by atoms with Gasteiger partial charge in [-0.2, -0.15) is 5.26 Å². The van der Waals surface area contributed by atoms with Crippen molar-refractivity contribution in [3.8, 4) is 6.07 Å². The molecule has 0 radical (unpaired) electrons. The second-order valence-electron chi connectivity index (χ2n) is 4.92. The second kappa shape index (κ2) is 6.39. The second-order valence-corrected chi connectivity index (χ2v) is 5.36. The van der Waals surface area contributed by atoms with Crippen molar-refractivity contribution in [1.29, 1.82) is 5.26 Å². The van der Waals surface area contributed by atoms with Gasteiger partial charge in [0.15, 0.2) is 0 Å². The fraction of sp³-hybridized carbons (Fsp3) is 0. The number of para-hydroxylation sites is 1. The summed E-state index contributed by atoms with van der Waals surface area (Å²) in [6.07, 6.45) is 3.35. The molecule has 112 valence electrons. The summed E-state index contributed by atoms with van der Waals surface area (Å²) in [5.74, 6) is -0.458. The number of nitrogens with zero attached hydrogens (tertiary/aromatic N) is 1. The van der Waals surface area contributed by atoms with Crippen LogP contribution >= 0.6 is 11.6 Å². The number of amides is 1. The van der Waals surface area contributed by atoms with Crippen LogP contribution in [0.15, 0.2) is 60.3 Å². The summed E-state index contributed by atoms with van der Waals surface area (Å²) >= 11 is 5.81. The zero-order valence-electron chi connectivity index (χ0n) is 12.0. The number of aromatic nitrogens is 1. The summed E-state index contributed by atoms with van der Waals surface area (Å²) in [5.41, 5.74) is 2.36. The molecule has 0 saturated heterocycles. The molecule has 0 fully saturated rings. The molecule has 3 aromatic rings. The number of H-pyrrole nitrogens is 1. The van der Waals surface area contributed by atoms with E-state index in [-0.39, 0.29) is 5.57 Å². The Morgan fingerprint density at radius 1 is 1.17 bits per heavy atom. The third-order valence-electron chi connectivity index (χ3n) is 3.39. The van der Waals surface area contributed by atoms with E-state index in [1.54, 1.807) is 36.5 Å². The van der Waals surface area contributed by atoms with Crippen molar-refractivity contribution in [3.05, 3.63) is 70.9 Å². The number of benzene rings is 2. The van der Waals surface area contributed by atoms with Crippen molar-refractivity contribution in [3.63, 3.8) is 0 Å². The van der Waals surface area contributed by atoms with E-state index in [1.165, 1.54) is 0 Å². The van der Waals surface area contributed by atoms with Crippen LogP contribution < -0.4 is 5.32 Å². The number of halogens is 1. The first-order valence-corrected chi connectivity index (χ1v) is 7.30. The number of fused-ring (bicyclic) bond motifs is 1. The summed E-state index contributed by atoms with van der Waals surface area (Å²) in [6.45, 7) is 0. The van der Waals surface area contributed by atoms with Crippen molar-refractivity contribution in [2.75, 3.05) is 5.32 Å². The van der Waals surface area contributed by atoms with Gasteiger partial charge in [-0.1, -0.05) is 29.8 Å². The molecule has 2 N–H and O–H groups in total. The number of carbonyl (C=O) groups excluding carboxylic acids is 1. The Morgan fingerprint density at radius 3 is 2.65 bits per heavy atom. The zero-order chi connectivity index (χ0) is 16.2. The Kier molecular flexibility index (Phi) is 4.13. The molecule has 1 amide bonds. The van der Waals surface area contributed by atoms with Gasteiger partial charge in [0.25, 0.3) is 5.91 Å². The molecule has 1 heterocycles. The van der Waals surface area contributed by atoms with E-state index >= 15 is 0 Å². The molecule has 2 aromatic carbocycles. The number of hydrogen-bond acceptors (Lipinski definition) is 2. The van der Waals surface area contributed by atoms with Crippen molar-refractivity contribution < 1.29 is 4.79 Å². The molecular formula is C18H12ClN3O. The molecule has 0 saturated carbocycles. The highest BCUT2D eigenvalue weighted by Crippen LogP contribution is 2.21.